The molecule has 1 amide bonds. The van der Waals surface area contributed by atoms with Crippen molar-refractivity contribution in [2.24, 2.45) is 5.92 Å². The van der Waals surface area contributed by atoms with Crippen molar-refractivity contribution in [2.45, 2.75) is 37.7 Å². The van der Waals surface area contributed by atoms with Gasteiger partial charge in [0, 0.05) is 32.4 Å². The summed E-state index contributed by atoms with van der Waals surface area (Å²) in [4.78, 5) is 25.9. The summed E-state index contributed by atoms with van der Waals surface area (Å²) in [7, 11) is 0. The van der Waals surface area contributed by atoms with Crippen LogP contribution in [-0.4, -0.2) is 40.6 Å². The molecular formula is C19H22FNO4. The summed E-state index contributed by atoms with van der Waals surface area (Å²) >= 11 is 0. The molecule has 0 spiro atoms. The van der Waals surface area contributed by atoms with Crippen LogP contribution in [-0.2, 0) is 9.59 Å². The molecule has 1 saturated heterocycles. The lowest BCUT2D eigenvalue weighted by molar-refractivity contribution is -0.162. The van der Waals surface area contributed by atoms with E-state index >= 15 is 0 Å². The van der Waals surface area contributed by atoms with Gasteiger partial charge in [-0.05, 0) is 43.0 Å². The van der Waals surface area contributed by atoms with Crippen molar-refractivity contribution in [3.05, 3.63) is 42.2 Å². The topological polar surface area (TPSA) is 66.8 Å². The first-order valence-corrected chi connectivity index (χ1v) is 8.61. The molecule has 1 aliphatic heterocycles. The lowest BCUT2D eigenvalue weighted by Crippen LogP contribution is -2.54. The standard InChI is InChI=1S/C19H22FNO4/c20-15-5-7-16(8-6-15)25-19(18(23)24)9-11-21(12-10-19)17(22)13-14-3-1-2-4-14/h1,3,5-8,14H,2,4,9-13H2,(H,23,24)/t14-/m1/s1. The number of carboxylic acid groups (broad SMARTS) is 1. The third-order valence-corrected chi connectivity index (χ3v) is 4.99. The average Bonchev–Trinajstić information content (AvgIpc) is 3.10. The summed E-state index contributed by atoms with van der Waals surface area (Å²) in [5.74, 6) is -0.771. The minimum absolute atomic E-state index is 0.0670. The van der Waals surface area contributed by atoms with Crippen molar-refractivity contribution in [3.8, 4) is 5.75 Å². The Hall–Kier alpha value is -2.37. The molecule has 0 radical (unpaired) electrons. The van der Waals surface area contributed by atoms with Gasteiger partial charge in [-0.25, -0.2) is 9.18 Å². The third kappa shape index (κ3) is 4.00. The summed E-state index contributed by atoms with van der Waals surface area (Å²) in [5, 5.41) is 9.65. The number of hydrogen-bond acceptors (Lipinski definition) is 3. The molecule has 1 aromatic rings. The van der Waals surface area contributed by atoms with E-state index in [1.165, 1.54) is 24.3 Å². The van der Waals surface area contributed by atoms with E-state index in [0.717, 1.165) is 12.8 Å². The predicted octanol–water partition coefficient (Wildman–Crippen LogP) is 3.01. The fourth-order valence-corrected chi connectivity index (χ4v) is 3.42. The number of carbonyl (C=O) groups is 2. The smallest absolute Gasteiger partial charge is 0.348 e. The number of hydrogen-bond donors (Lipinski definition) is 1. The maximum absolute atomic E-state index is 13.0. The highest BCUT2D eigenvalue weighted by Crippen LogP contribution is 2.30. The Balaban J connectivity index is 1.61. The number of carbonyl (C=O) groups excluding carboxylic acids is 1. The molecule has 1 aliphatic carbocycles. The van der Waals surface area contributed by atoms with Gasteiger partial charge in [0.15, 0.2) is 0 Å². The number of aliphatic carboxylic acids is 1. The first kappa shape index (κ1) is 17.5. The minimum Gasteiger partial charge on any atom is -0.478 e. The molecule has 1 aromatic carbocycles. The zero-order valence-corrected chi connectivity index (χ0v) is 14.0. The van der Waals surface area contributed by atoms with Crippen LogP contribution < -0.4 is 4.74 Å². The molecule has 0 bridgehead atoms. The SMILES string of the molecule is O=C(C[C@@H]1C=CCC1)N1CCC(Oc2ccc(F)cc2)(C(=O)O)CC1. The number of carboxylic acids is 1. The van der Waals surface area contributed by atoms with Gasteiger partial charge >= 0.3 is 5.97 Å². The Kier molecular flexibility index (Phi) is 5.06. The fraction of sp³-hybridized carbons (Fsp3) is 0.474. The molecule has 134 valence electrons. The minimum atomic E-state index is -1.37. The van der Waals surface area contributed by atoms with Crippen LogP contribution in [0.15, 0.2) is 36.4 Å². The number of amides is 1. The van der Waals surface area contributed by atoms with Gasteiger partial charge in [0.25, 0.3) is 0 Å². The first-order chi connectivity index (χ1) is 12.0. The summed E-state index contributed by atoms with van der Waals surface area (Å²) in [6.07, 6.45) is 7.12. The number of benzene rings is 1. The molecule has 3 rings (SSSR count). The van der Waals surface area contributed by atoms with E-state index < -0.39 is 17.4 Å². The largest absolute Gasteiger partial charge is 0.478 e. The lowest BCUT2D eigenvalue weighted by atomic mass is 9.90. The van der Waals surface area contributed by atoms with Crippen LogP contribution in [0.5, 0.6) is 5.75 Å². The van der Waals surface area contributed by atoms with Gasteiger partial charge < -0.3 is 14.7 Å². The number of halogens is 1. The van der Waals surface area contributed by atoms with Crippen molar-refractivity contribution >= 4 is 11.9 Å². The molecular weight excluding hydrogens is 325 g/mol. The normalized spacial score (nSPS) is 22.0. The summed E-state index contributed by atoms with van der Waals surface area (Å²) in [6.45, 7) is 0.700. The van der Waals surface area contributed by atoms with Gasteiger partial charge in [0.05, 0.1) is 0 Å². The summed E-state index contributed by atoms with van der Waals surface area (Å²) in [5.41, 5.74) is -1.37. The highest BCUT2D eigenvalue weighted by Gasteiger charge is 2.45. The molecule has 1 N–H and O–H groups in total. The van der Waals surface area contributed by atoms with Gasteiger partial charge in [-0.1, -0.05) is 12.2 Å². The lowest BCUT2D eigenvalue weighted by Gasteiger charge is -2.39. The van der Waals surface area contributed by atoms with E-state index in [1.807, 2.05) is 0 Å². The van der Waals surface area contributed by atoms with E-state index in [9.17, 15) is 19.1 Å². The highest BCUT2D eigenvalue weighted by molar-refractivity contribution is 5.80. The van der Waals surface area contributed by atoms with Crippen molar-refractivity contribution in [2.75, 3.05) is 13.1 Å². The van der Waals surface area contributed by atoms with Gasteiger partial charge in [0.2, 0.25) is 11.5 Å². The second-order valence-corrected chi connectivity index (χ2v) is 6.71. The fourth-order valence-electron chi connectivity index (χ4n) is 3.42. The zero-order chi connectivity index (χ0) is 17.9. The van der Waals surface area contributed by atoms with Gasteiger partial charge in [-0.15, -0.1) is 0 Å². The van der Waals surface area contributed by atoms with E-state index in [-0.39, 0.29) is 18.7 Å². The van der Waals surface area contributed by atoms with Crippen LogP contribution in [0.1, 0.15) is 32.1 Å². The van der Waals surface area contributed by atoms with Gasteiger partial charge in [-0.3, -0.25) is 4.79 Å². The molecule has 6 heteroatoms. The van der Waals surface area contributed by atoms with Crippen molar-refractivity contribution in [1.82, 2.24) is 4.90 Å². The molecule has 25 heavy (non-hydrogen) atoms. The average molecular weight is 347 g/mol. The molecule has 1 fully saturated rings. The number of allylic oxidation sites excluding steroid dienone is 2. The number of rotatable bonds is 5. The van der Waals surface area contributed by atoms with Crippen molar-refractivity contribution in [3.63, 3.8) is 0 Å². The maximum Gasteiger partial charge on any atom is 0.348 e. The molecule has 1 heterocycles. The Morgan fingerprint density at radius 3 is 2.48 bits per heavy atom. The van der Waals surface area contributed by atoms with E-state index in [1.54, 1.807) is 4.90 Å². The molecule has 2 aliphatic rings. The van der Waals surface area contributed by atoms with Gasteiger partial charge in [0.1, 0.15) is 11.6 Å². The van der Waals surface area contributed by atoms with Crippen LogP contribution >= 0.6 is 0 Å². The second kappa shape index (κ2) is 7.25. The van der Waals surface area contributed by atoms with Crippen LogP contribution in [0.2, 0.25) is 0 Å². The highest BCUT2D eigenvalue weighted by atomic mass is 19.1. The molecule has 0 aromatic heterocycles. The number of ether oxygens (including phenoxy) is 1. The van der Waals surface area contributed by atoms with Crippen LogP contribution in [0, 0.1) is 11.7 Å². The van der Waals surface area contributed by atoms with E-state index in [0.29, 0.717) is 31.2 Å². The Bertz CT molecular complexity index is 663. The van der Waals surface area contributed by atoms with Crippen LogP contribution in [0.25, 0.3) is 0 Å². The molecule has 0 saturated carbocycles. The number of piperidine rings is 1. The van der Waals surface area contributed by atoms with E-state index in [4.69, 9.17) is 4.74 Å². The summed E-state index contributed by atoms with van der Waals surface area (Å²) in [6, 6.07) is 5.31. The van der Waals surface area contributed by atoms with Gasteiger partial charge in [-0.2, -0.15) is 0 Å². The van der Waals surface area contributed by atoms with Crippen LogP contribution in [0.4, 0.5) is 4.39 Å². The third-order valence-electron chi connectivity index (χ3n) is 4.99. The zero-order valence-electron chi connectivity index (χ0n) is 14.0. The second-order valence-electron chi connectivity index (χ2n) is 6.71. The van der Waals surface area contributed by atoms with Crippen molar-refractivity contribution in [1.29, 1.82) is 0 Å². The van der Waals surface area contributed by atoms with Crippen LogP contribution in [0.3, 0.4) is 0 Å². The monoisotopic (exact) mass is 347 g/mol. The predicted molar refractivity (Wildman–Crippen MR) is 89.7 cm³/mol. The Morgan fingerprint density at radius 1 is 1.24 bits per heavy atom. The first-order valence-electron chi connectivity index (χ1n) is 8.61. The van der Waals surface area contributed by atoms with Crippen molar-refractivity contribution < 1.29 is 23.8 Å². The molecule has 5 nitrogen and oxygen atoms in total. The number of likely N-dealkylation sites (tertiary alicyclic amines) is 1. The summed E-state index contributed by atoms with van der Waals surface area (Å²) < 4.78 is 18.7. The maximum atomic E-state index is 13.0. The quantitative estimate of drug-likeness (QED) is 0.832. The Morgan fingerprint density at radius 2 is 1.92 bits per heavy atom. The number of nitrogens with zero attached hydrogens (tertiary/aromatic N) is 1. The Labute approximate surface area is 146 Å². The van der Waals surface area contributed by atoms with E-state index in [2.05, 4.69) is 12.2 Å². The molecule has 1 atom stereocenters. The molecule has 0 unspecified atom stereocenters.